The number of benzene rings is 2. The van der Waals surface area contributed by atoms with Crippen molar-refractivity contribution in [2.75, 3.05) is 0 Å². The molecular weight excluding hydrogens is 551 g/mol. The summed E-state index contributed by atoms with van der Waals surface area (Å²) >= 11 is 4.73. The van der Waals surface area contributed by atoms with Crippen molar-refractivity contribution in [1.29, 1.82) is 0 Å². The highest BCUT2D eigenvalue weighted by molar-refractivity contribution is 7.80. The second-order valence-electron chi connectivity index (χ2n) is 9.09. The highest BCUT2D eigenvalue weighted by Crippen LogP contribution is 2.38. The molecule has 2 aromatic carbocycles. The topological polar surface area (TPSA) is 58.3 Å². The van der Waals surface area contributed by atoms with E-state index in [1.54, 1.807) is 36.5 Å². The summed E-state index contributed by atoms with van der Waals surface area (Å²) in [6, 6.07) is 16.9. The lowest BCUT2D eigenvalue weighted by molar-refractivity contribution is -0.605. The van der Waals surface area contributed by atoms with Gasteiger partial charge in [-0.1, -0.05) is 31.2 Å². The summed E-state index contributed by atoms with van der Waals surface area (Å²) in [7, 11) is 0. The molecule has 3 atom stereocenters. The van der Waals surface area contributed by atoms with Crippen molar-refractivity contribution < 1.29 is 36.2 Å². The second-order valence-corrected chi connectivity index (χ2v) is 9.64. The van der Waals surface area contributed by atoms with Gasteiger partial charge >= 0.3 is 13.2 Å². The maximum absolute atomic E-state index is 13.3. The zero-order chi connectivity index (χ0) is 28.8. The summed E-state index contributed by atoms with van der Waals surface area (Å²) in [6.07, 6.45) is 4.64. The molecule has 2 heterocycles. The molecule has 0 fully saturated rings. The third kappa shape index (κ3) is 7.41. The average molecular weight is 577 g/mol. The van der Waals surface area contributed by atoms with Gasteiger partial charge < -0.3 is 14.7 Å². The molecule has 3 unspecified atom stereocenters. The van der Waals surface area contributed by atoms with Gasteiger partial charge in [0.2, 0.25) is 0 Å². The van der Waals surface area contributed by atoms with Crippen LogP contribution in [-0.2, 0) is 6.42 Å². The minimum Gasteiger partial charge on any atom is -0.619 e. The van der Waals surface area contributed by atoms with E-state index >= 15 is 0 Å². The maximum Gasteiger partial charge on any atom is 0.387 e. The third-order valence-corrected chi connectivity index (χ3v) is 7.21. The summed E-state index contributed by atoms with van der Waals surface area (Å²) in [6.45, 7) is -4.53. The Morgan fingerprint density at radius 1 is 0.825 bits per heavy atom. The zero-order valence-electron chi connectivity index (χ0n) is 21.1. The summed E-state index contributed by atoms with van der Waals surface area (Å²) in [5, 5.41) is 11.2. The molecule has 0 bridgehead atoms. The van der Waals surface area contributed by atoms with Crippen LogP contribution in [0.15, 0.2) is 85.3 Å². The average Bonchev–Trinajstić information content (AvgIpc) is 2.93. The number of thiol groups is 1. The molecule has 210 valence electrons. The van der Waals surface area contributed by atoms with E-state index < -0.39 is 30.6 Å². The molecule has 0 spiro atoms. The Labute approximate surface area is 233 Å². The molecule has 0 saturated carbocycles. The molecule has 4 aromatic rings. The quantitative estimate of drug-likeness (QED) is 0.0888. The first-order chi connectivity index (χ1) is 19.1. The molecule has 0 radical (unpaired) electrons. The van der Waals surface area contributed by atoms with Crippen LogP contribution in [0.1, 0.15) is 52.0 Å². The van der Waals surface area contributed by atoms with Gasteiger partial charge in [0.05, 0.1) is 10.9 Å². The molecule has 11 heteroatoms. The van der Waals surface area contributed by atoms with Gasteiger partial charge in [0, 0.05) is 24.2 Å². The van der Waals surface area contributed by atoms with Crippen LogP contribution < -0.4 is 14.2 Å². The Balaban J connectivity index is 1.68. The molecule has 40 heavy (non-hydrogen) atoms. The summed E-state index contributed by atoms with van der Waals surface area (Å²) < 4.78 is 74.6. The highest BCUT2D eigenvalue weighted by atomic mass is 32.1. The van der Waals surface area contributed by atoms with Gasteiger partial charge in [-0.2, -0.15) is 34.9 Å². The van der Waals surface area contributed by atoms with Gasteiger partial charge in [-0.05, 0) is 64.9 Å². The van der Waals surface area contributed by atoms with Crippen LogP contribution in [0.4, 0.5) is 22.0 Å². The Kier molecular flexibility index (Phi) is 9.46. The standard InChI is InChI=1S/C29H25F5N2O3S/c1-17(19-2-6-22(30)7-3-19)27(40)24-8-4-21(16-35-24)23(14-18-10-12-36(37)13-11-18)20-5-9-25(38-28(31)32)26(15-20)39-29(33)34/h2-13,15-17,23,27-29,40H,14H2,1H3. The fourth-order valence-electron chi connectivity index (χ4n) is 4.37. The maximum atomic E-state index is 13.3. The lowest BCUT2D eigenvalue weighted by Gasteiger charge is -2.22. The van der Waals surface area contributed by atoms with E-state index in [4.69, 9.17) is 12.6 Å². The molecule has 5 nitrogen and oxygen atoms in total. The van der Waals surface area contributed by atoms with Gasteiger partial charge in [-0.25, -0.2) is 4.39 Å². The number of hydrogen-bond acceptors (Lipinski definition) is 5. The van der Waals surface area contributed by atoms with Crippen LogP contribution in [0.25, 0.3) is 0 Å². The van der Waals surface area contributed by atoms with Gasteiger partial charge in [0.1, 0.15) is 5.82 Å². The molecule has 0 amide bonds. The molecule has 0 N–H and O–H groups in total. The van der Waals surface area contributed by atoms with Crippen LogP contribution in [0.5, 0.6) is 11.5 Å². The van der Waals surface area contributed by atoms with Crippen LogP contribution in [0.3, 0.4) is 0 Å². The number of nitrogens with zero attached hydrogens (tertiary/aromatic N) is 2. The molecule has 2 aromatic heterocycles. The summed E-state index contributed by atoms with van der Waals surface area (Å²) in [5.41, 5.74) is 3.50. The fourth-order valence-corrected chi connectivity index (χ4v) is 4.69. The van der Waals surface area contributed by atoms with Crippen molar-refractivity contribution >= 4 is 12.6 Å². The van der Waals surface area contributed by atoms with Crippen LogP contribution in [0.2, 0.25) is 0 Å². The van der Waals surface area contributed by atoms with Gasteiger partial charge in [0.15, 0.2) is 23.9 Å². The Bertz CT molecular complexity index is 1390. The van der Waals surface area contributed by atoms with E-state index in [9.17, 15) is 27.2 Å². The van der Waals surface area contributed by atoms with Crippen molar-refractivity contribution in [1.82, 2.24) is 4.98 Å². The first-order valence-electron chi connectivity index (χ1n) is 12.2. The lowest BCUT2D eigenvalue weighted by atomic mass is 9.86. The predicted octanol–water partition coefficient (Wildman–Crippen LogP) is 7.21. The minimum atomic E-state index is -3.26. The smallest absolute Gasteiger partial charge is 0.387 e. The lowest BCUT2D eigenvalue weighted by Crippen LogP contribution is -2.24. The van der Waals surface area contributed by atoms with Crippen LogP contribution in [0, 0.1) is 11.0 Å². The number of halogens is 5. The van der Waals surface area contributed by atoms with Crippen molar-refractivity contribution in [2.24, 2.45) is 0 Å². The summed E-state index contributed by atoms with van der Waals surface area (Å²) in [4.78, 5) is 4.59. The predicted molar refractivity (Wildman–Crippen MR) is 141 cm³/mol. The van der Waals surface area contributed by atoms with Crippen molar-refractivity contribution in [3.8, 4) is 11.5 Å². The monoisotopic (exact) mass is 576 g/mol. The molecule has 0 aliphatic rings. The van der Waals surface area contributed by atoms with E-state index in [1.165, 1.54) is 36.7 Å². The highest BCUT2D eigenvalue weighted by Gasteiger charge is 2.23. The Morgan fingerprint density at radius 3 is 2.02 bits per heavy atom. The van der Waals surface area contributed by atoms with Gasteiger partial charge in [-0.15, -0.1) is 0 Å². The number of hydrogen-bond donors (Lipinski definition) is 1. The Hall–Kier alpha value is -3.86. The van der Waals surface area contributed by atoms with Crippen molar-refractivity contribution in [3.63, 3.8) is 0 Å². The molecule has 0 aliphatic carbocycles. The van der Waals surface area contributed by atoms with Crippen LogP contribution in [-0.4, -0.2) is 18.2 Å². The number of ether oxygens (including phenoxy) is 2. The first-order valence-corrected chi connectivity index (χ1v) is 12.7. The fraction of sp³-hybridized carbons (Fsp3) is 0.241. The van der Waals surface area contributed by atoms with E-state index in [0.717, 1.165) is 17.2 Å². The molecule has 0 saturated heterocycles. The van der Waals surface area contributed by atoms with Crippen molar-refractivity contribution in [2.45, 2.75) is 43.7 Å². The van der Waals surface area contributed by atoms with E-state index in [2.05, 4.69) is 14.5 Å². The number of alkyl halides is 4. The first kappa shape index (κ1) is 29.1. The Morgan fingerprint density at radius 2 is 1.43 bits per heavy atom. The molecule has 4 rings (SSSR count). The minimum absolute atomic E-state index is 0.0855. The third-order valence-electron chi connectivity index (χ3n) is 6.50. The number of rotatable bonds is 11. The SMILES string of the molecule is CC(c1ccc(F)cc1)C(S)c1ccc(C(Cc2cc[n+]([O-])cc2)c2ccc(OC(F)F)c(OC(F)F)c2)cn1. The number of aromatic nitrogens is 2. The van der Waals surface area contributed by atoms with E-state index in [1.807, 2.05) is 13.0 Å². The van der Waals surface area contributed by atoms with Crippen LogP contribution >= 0.6 is 12.6 Å². The van der Waals surface area contributed by atoms with E-state index in [-0.39, 0.29) is 17.0 Å². The number of pyridine rings is 2. The molecular formula is C29H25F5N2O3S. The normalized spacial score (nSPS) is 13.7. The second kappa shape index (κ2) is 13.0. The van der Waals surface area contributed by atoms with Gasteiger partial charge in [-0.3, -0.25) is 4.98 Å². The summed E-state index contributed by atoms with van der Waals surface area (Å²) in [5.74, 6) is -1.95. The van der Waals surface area contributed by atoms with Crippen molar-refractivity contribution in [3.05, 3.63) is 124 Å². The van der Waals surface area contributed by atoms with E-state index in [0.29, 0.717) is 28.0 Å². The largest absolute Gasteiger partial charge is 0.619 e. The molecule has 0 aliphatic heterocycles. The van der Waals surface area contributed by atoms with Gasteiger partial charge in [0.25, 0.3) is 0 Å². The zero-order valence-corrected chi connectivity index (χ0v) is 22.0.